The first-order valence-corrected chi connectivity index (χ1v) is 9.69. The van der Waals surface area contributed by atoms with Crippen molar-refractivity contribution in [2.24, 2.45) is 0 Å². The van der Waals surface area contributed by atoms with Crippen LogP contribution in [0.2, 0.25) is 0 Å². The van der Waals surface area contributed by atoms with E-state index in [0.29, 0.717) is 33.7 Å². The van der Waals surface area contributed by atoms with Crippen molar-refractivity contribution in [3.05, 3.63) is 108 Å². The van der Waals surface area contributed by atoms with Crippen molar-refractivity contribution in [2.45, 2.75) is 6.92 Å². The van der Waals surface area contributed by atoms with Crippen LogP contribution in [0.4, 0.5) is 5.69 Å². The van der Waals surface area contributed by atoms with Crippen LogP contribution in [0.5, 0.6) is 5.75 Å². The lowest BCUT2D eigenvalue weighted by atomic mass is 9.96. The van der Waals surface area contributed by atoms with Gasteiger partial charge in [0.05, 0.1) is 16.8 Å². The molecular formula is C26H19NO4. The molecule has 0 saturated heterocycles. The van der Waals surface area contributed by atoms with Gasteiger partial charge < -0.3 is 4.74 Å². The Hall–Kier alpha value is -4.25. The van der Waals surface area contributed by atoms with Gasteiger partial charge in [-0.2, -0.15) is 0 Å². The van der Waals surface area contributed by atoms with E-state index in [1.165, 1.54) is 0 Å². The lowest BCUT2D eigenvalue weighted by Crippen LogP contribution is -2.31. The minimum absolute atomic E-state index is 0.276. The Labute approximate surface area is 179 Å². The summed E-state index contributed by atoms with van der Waals surface area (Å²) in [4.78, 5) is 39.7. The summed E-state index contributed by atoms with van der Waals surface area (Å²) in [6.45, 7) is 5.10. The molecule has 3 aromatic rings. The maximum Gasteiger partial charge on any atom is 0.338 e. The fourth-order valence-electron chi connectivity index (χ4n) is 3.37. The van der Waals surface area contributed by atoms with Crippen molar-refractivity contribution < 1.29 is 19.1 Å². The number of ether oxygens (including phenoxy) is 1. The molecule has 1 heterocycles. The zero-order chi connectivity index (χ0) is 22.0. The molecular weight excluding hydrogens is 390 g/mol. The minimum Gasteiger partial charge on any atom is -0.423 e. The number of hydrogen-bond acceptors (Lipinski definition) is 4. The first-order valence-electron chi connectivity index (χ1n) is 9.69. The summed E-state index contributed by atoms with van der Waals surface area (Å²) in [6, 6.07) is 24.5. The Morgan fingerprint density at radius 3 is 1.61 bits per heavy atom. The quantitative estimate of drug-likeness (QED) is 0.266. The summed E-state index contributed by atoms with van der Waals surface area (Å²) in [5.74, 6) is -1.04. The Bertz CT molecular complexity index is 1150. The van der Waals surface area contributed by atoms with Crippen molar-refractivity contribution in [3.8, 4) is 5.75 Å². The number of esters is 1. The smallest absolute Gasteiger partial charge is 0.338 e. The molecule has 2 amide bonds. The van der Waals surface area contributed by atoms with Crippen LogP contribution < -0.4 is 9.64 Å². The molecule has 0 N–H and O–H groups in total. The third kappa shape index (κ3) is 3.81. The summed E-state index contributed by atoms with van der Waals surface area (Å²) in [5, 5.41) is 0. The number of anilines is 1. The van der Waals surface area contributed by atoms with Gasteiger partial charge >= 0.3 is 5.97 Å². The summed E-state index contributed by atoms with van der Waals surface area (Å²) >= 11 is 0. The molecule has 0 radical (unpaired) electrons. The average Bonchev–Trinajstić information content (AvgIpc) is 3.05. The molecule has 1 aliphatic rings. The van der Waals surface area contributed by atoms with Gasteiger partial charge in [-0.05, 0) is 42.3 Å². The van der Waals surface area contributed by atoms with Crippen molar-refractivity contribution in [3.63, 3.8) is 0 Å². The van der Waals surface area contributed by atoms with Crippen LogP contribution in [0.25, 0.3) is 11.1 Å². The maximum absolute atomic E-state index is 13.4. The number of hydrogen-bond donors (Lipinski definition) is 0. The predicted octanol–water partition coefficient (Wildman–Crippen LogP) is 4.65. The molecule has 0 saturated carbocycles. The minimum atomic E-state index is -0.541. The molecule has 3 aromatic carbocycles. The van der Waals surface area contributed by atoms with E-state index in [1.54, 1.807) is 31.2 Å². The van der Waals surface area contributed by atoms with Gasteiger partial charge in [-0.3, -0.25) is 9.59 Å². The molecule has 0 unspecified atom stereocenters. The van der Waals surface area contributed by atoms with E-state index in [-0.39, 0.29) is 5.57 Å². The summed E-state index contributed by atoms with van der Waals surface area (Å²) in [7, 11) is 0. The van der Waals surface area contributed by atoms with Gasteiger partial charge in [0, 0.05) is 5.57 Å². The Kier molecular flexibility index (Phi) is 5.33. The summed E-state index contributed by atoms with van der Waals surface area (Å²) in [6.07, 6.45) is 0. The number of carbonyl (C=O) groups is 3. The zero-order valence-corrected chi connectivity index (χ0v) is 16.9. The normalized spacial score (nSPS) is 13.5. The standard InChI is InChI=1S/C26H19NO4/c1-17(2)26(30)31-21-15-13-20(14-16-21)27-24(28)22(18-9-5-3-6-10-18)23(25(27)29)19-11-7-4-8-12-19/h3-16H,1H2,2H3. The van der Waals surface area contributed by atoms with Crippen LogP contribution in [0.15, 0.2) is 97.1 Å². The number of benzene rings is 3. The van der Waals surface area contributed by atoms with Crippen LogP contribution in [-0.4, -0.2) is 17.8 Å². The van der Waals surface area contributed by atoms with E-state index in [1.807, 2.05) is 60.7 Å². The largest absolute Gasteiger partial charge is 0.423 e. The highest BCUT2D eigenvalue weighted by Gasteiger charge is 2.40. The van der Waals surface area contributed by atoms with Crippen LogP contribution in [0.3, 0.4) is 0 Å². The molecule has 0 atom stereocenters. The summed E-state index contributed by atoms with van der Waals surface area (Å²) < 4.78 is 5.19. The monoisotopic (exact) mass is 409 g/mol. The predicted molar refractivity (Wildman–Crippen MR) is 119 cm³/mol. The first-order chi connectivity index (χ1) is 15.0. The van der Waals surface area contributed by atoms with E-state index in [2.05, 4.69) is 6.58 Å². The van der Waals surface area contributed by atoms with Crippen LogP contribution in [0.1, 0.15) is 18.1 Å². The second kappa shape index (κ2) is 8.24. The molecule has 4 rings (SSSR count). The fourth-order valence-corrected chi connectivity index (χ4v) is 3.37. The third-order valence-corrected chi connectivity index (χ3v) is 4.86. The van der Waals surface area contributed by atoms with Gasteiger partial charge in [-0.15, -0.1) is 0 Å². The second-order valence-corrected chi connectivity index (χ2v) is 7.09. The SMILES string of the molecule is C=C(C)C(=O)Oc1ccc(N2C(=O)C(c3ccccc3)=C(c3ccccc3)C2=O)cc1. The fraction of sp³-hybridized carbons (Fsp3) is 0.0385. The molecule has 152 valence electrons. The van der Waals surface area contributed by atoms with Crippen LogP contribution in [-0.2, 0) is 14.4 Å². The molecule has 0 aromatic heterocycles. The number of rotatable bonds is 5. The maximum atomic E-state index is 13.4. The van der Waals surface area contributed by atoms with E-state index in [9.17, 15) is 14.4 Å². The molecule has 1 aliphatic heterocycles. The van der Waals surface area contributed by atoms with Gasteiger partial charge in [0.15, 0.2) is 0 Å². The van der Waals surface area contributed by atoms with Gasteiger partial charge in [-0.1, -0.05) is 67.2 Å². The topological polar surface area (TPSA) is 63.7 Å². The Morgan fingerprint density at radius 1 is 0.742 bits per heavy atom. The highest BCUT2D eigenvalue weighted by Crippen LogP contribution is 2.38. The van der Waals surface area contributed by atoms with E-state index >= 15 is 0 Å². The van der Waals surface area contributed by atoms with Crippen LogP contribution in [0, 0.1) is 0 Å². The van der Waals surface area contributed by atoms with Gasteiger partial charge in [0.25, 0.3) is 11.8 Å². The third-order valence-electron chi connectivity index (χ3n) is 4.86. The van der Waals surface area contributed by atoms with Gasteiger partial charge in [-0.25, -0.2) is 9.69 Å². The van der Waals surface area contributed by atoms with Gasteiger partial charge in [0.1, 0.15) is 5.75 Å². The van der Waals surface area contributed by atoms with Crippen molar-refractivity contribution in [1.29, 1.82) is 0 Å². The van der Waals surface area contributed by atoms with Crippen molar-refractivity contribution in [1.82, 2.24) is 0 Å². The molecule has 31 heavy (non-hydrogen) atoms. The van der Waals surface area contributed by atoms with Crippen LogP contribution >= 0.6 is 0 Å². The lowest BCUT2D eigenvalue weighted by Gasteiger charge is -2.16. The lowest BCUT2D eigenvalue weighted by molar-refractivity contribution is -0.130. The first kappa shape index (κ1) is 20.0. The molecule has 0 fully saturated rings. The average molecular weight is 409 g/mol. The van der Waals surface area contributed by atoms with Crippen molar-refractivity contribution in [2.75, 3.05) is 4.90 Å². The molecule has 5 nitrogen and oxygen atoms in total. The molecule has 5 heteroatoms. The second-order valence-electron chi connectivity index (χ2n) is 7.09. The number of carbonyl (C=O) groups excluding carboxylic acids is 3. The number of imide groups is 1. The summed E-state index contributed by atoms with van der Waals surface area (Å²) in [5.41, 5.74) is 2.73. The van der Waals surface area contributed by atoms with Crippen molar-refractivity contribution >= 4 is 34.6 Å². The van der Waals surface area contributed by atoms with Gasteiger partial charge in [0.2, 0.25) is 0 Å². The highest BCUT2D eigenvalue weighted by atomic mass is 16.5. The van der Waals surface area contributed by atoms with E-state index in [0.717, 1.165) is 4.90 Å². The van der Waals surface area contributed by atoms with E-state index in [4.69, 9.17) is 4.74 Å². The number of nitrogens with zero attached hydrogens (tertiary/aromatic N) is 1. The highest BCUT2D eigenvalue weighted by molar-refractivity contribution is 6.57. The molecule has 0 bridgehead atoms. The molecule has 0 aliphatic carbocycles. The Morgan fingerprint density at radius 2 is 1.19 bits per heavy atom. The molecule has 0 spiro atoms. The van der Waals surface area contributed by atoms with E-state index < -0.39 is 17.8 Å². The number of amides is 2. The zero-order valence-electron chi connectivity index (χ0n) is 16.9. The Balaban J connectivity index is 1.74.